The molecule has 0 radical (unpaired) electrons. The molecule has 5 amide bonds. The van der Waals surface area contributed by atoms with Crippen molar-refractivity contribution in [1.29, 1.82) is 0 Å². The molecule has 0 aliphatic carbocycles. The molecule has 20 heteroatoms. The minimum Gasteiger partial charge on any atom is -0.496 e. The van der Waals surface area contributed by atoms with Crippen molar-refractivity contribution >= 4 is 83.9 Å². The summed E-state index contributed by atoms with van der Waals surface area (Å²) in [4.78, 5) is 75.8. The van der Waals surface area contributed by atoms with Gasteiger partial charge >= 0.3 is 12.1 Å². The highest BCUT2D eigenvalue weighted by Gasteiger charge is 2.23. The first kappa shape index (κ1) is 47.5. The Morgan fingerprint density at radius 2 is 1.09 bits per heavy atom. The standard InChI is InChI=1S/C45H46N8O9S3/c1-27-14-16-35(33(22-27)40(55)31-10-6-8-12-37(31)61-3)49-42(57)51-44-47-24-29(63-44)18-20-46-39(54)26-53(65(5,59)60)21-19-30-25-48-45(64-30)52-43(58)50-36-17-15-28(2)23-34(36)41(56)32-11-7-9-13-38(32)62-4/h6-17,22-25H,18-21,26H2,1-5H3,(H,46,54)(H2,47,49,51,57)(H2,48,50,52,58). The summed E-state index contributed by atoms with van der Waals surface area (Å²) in [7, 11) is -0.835. The number of benzene rings is 4. The van der Waals surface area contributed by atoms with Gasteiger partial charge in [0.15, 0.2) is 21.8 Å². The van der Waals surface area contributed by atoms with Crippen LogP contribution in [0.15, 0.2) is 97.3 Å². The predicted molar refractivity (Wildman–Crippen MR) is 252 cm³/mol. The van der Waals surface area contributed by atoms with E-state index in [-0.39, 0.29) is 58.2 Å². The second-order valence-corrected chi connectivity index (χ2v) is 18.7. The molecule has 6 rings (SSSR count). The van der Waals surface area contributed by atoms with Crippen LogP contribution in [0.4, 0.5) is 31.2 Å². The van der Waals surface area contributed by atoms with Crippen molar-refractivity contribution < 1.29 is 41.9 Å². The van der Waals surface area contributed by atoms with E-state index in [1.54, 1.807) is 91.1 Å². The average molecular weight is 939 g/mol. The number of aryl methyl sites for hydroxylation is 2. The molecule has 0 saturated carbocycles. The number of hydrogen-bond acceptors (Lipinski definition) is 13. The Morgan fingerprint density at radius 3 is 1.55 bits per heavy atom. The van der Waals surface area contributed by atoms with Crippen molar-refractivity contribution in [3.05, 3.63) is 140 Å². The molecule has 17 nitrogen and oxygen atoms in total. The van der Waals surface area contributed by atoms with Crippen LogP contribution >= 0.6 is 22.7 Å². The molecule has 65 heavy (non-hydrogen) atoms. The fourth-order valence-corrected chi connectivity index (χ4v) is 8.84. The third-order valence-electron chi connectivity index (χ3n) is 9.68. The molecule has 5 N–H and O–H groups in total. The molecule has 0 atom stereocenters. The number of amides is 5. The van der Waals surface area contributed by atoms with E-state index >= 15 is 0 Å². The van der Waals surface area contributed by atoms with Gasteiger partial charge in [0, 0.05) is 52.8 Å². The first-order valence-electron chi connectivity index (χ1n) is 20.0. The normalized spacial score (nSPS) is 11.1. The van der Waals surface area contributed by atoms with Crippen molar-refractivity contribution in [2.24, 2.45) is 0 Å². The van der Waals surface area contributed by atoms with E-state index in [9.17, 15) is 32.4 Å². The number of aromatic nitrogens is 2. The van der Waals surface area contributed by atoms with Gasteiger partial charge in [-0.3, -0.25) is 25.0 Å². The lowest BCUT2D eigenvalue weighted by molar-refractivity contribution is -0.121. The molecule has 0 aliphatic rings. The number of nitrogens with one attached hydrogen (secondary N) is 5. The topological polar surface area (TPSA) is 227 Å². The van der Waals surface area contributed by atoms with Gasteiger partial charge in [-0.25, -0.2) is 28.0 Å². The SMILES string of the molecule is COc1ccccc1C(=O)c1cc(C)ccc1NC(=O)Nc1ncc(CCNC(=O)CN(CCc2cnc(NC(=O)Nc3ccc(C)cc3C(=O)c3ccccc3OC)s2)S(C)(=O)=O)s1. The van der Waals surface area contributed by atoms with E-state index in [1.165, 1.54) is 31.8 Å². The predicted octanol–water partition coefficient (Wildman–Crippen LogP) is 7.15. The van der Waals surface area contributed by atoms with Crippen LogP contribution in [0.1, 0.15) is 52.7 Å². The molecular weight excluding hydrogens is 893 g/mol. The molecule has 0 aliphatic heterocycles. The molecule has 2 heterocycles. The molecule has 0 bridgehead atoms. The number of rotatable bonds is 19. The summed E-state index contributed by atoms with van der Waals surface area (Å²) >= 11 is 2.33. The smallest absolute Gasteiger partial charge is 0.325 e. The summed E-state index contributed by atoms with van der Waals surface area (Å²) in [6.07, 6.45) is 4.65. The first-order chi connectivity index (χ1) is 31.1. The highest BCUT2D eigenvalue weighted by atomic mass is 32.2. The Hall–Kier alpha value is -7.00. The number of urea groups is 2. The Labute approximate surface area is 383 Å². The zero-order valence-corrected chi connectivity index (χ0v) is 38.5. The monoisotopic (exact) mass is 938 g/mol. The molecule has 0 unspecified atom stereocenters. The maximum atomic E-state index is 13.5. The van der Waals surface area contributed by atoms with E-state index in [4.69, 9.17) is 9.47 Å². The van der Waals surface area contributed by atoms with Crippen LogP contribution in [0.2, 0.25) is 0 Å². The number of ketones is 2. The second kappa shape index (κ2) is 21.6. The van der Waals surface area contributed by atoms with Crippen molar-refractivity contribution in [2.45, 2.75) is 26.7 Å². The lowest BCUT2D eigenvalue weighted by Crippen LogP contribution is -2.41. The zero-order chi connectivity index (χ0) is 46.7. The van der Waals surface area contributed by atoms with Gasteiger partial charge in [-0.1, -0.05) is 47.5 Å². The number of hydrogen-bond donors (Lipinski definition) is 5. The Morgan fingerprint density at radius 1 is 0.631 bits per heavy atom. The summed E-state index contributed by atoms with van der Waals surface area (Å²) in [5.41, 5.74) is 3.49. The fraction of sp³-hybridized carbons (Fsp3) is 0.222. The summed E-state index contributed by atoms with van der Waals surface area (Å²) in [6, 6.07) is 22.6. The molecule has 0 spiro atoms. The maximum Gasteiger partial charge on any atom is 0.325 e. The largest absolute Gasteiger partial charge is 0.496 e. The summed E-state index contributed by atoms with van der Waals surface area (Å²) < 4.78 is 37.1. The van der Waals surface area contributed by atoms with Gasteiger partial charge in [0.25, 0.3) is 0 Å². The highest BCUT2D eigenvalue weighted by molar-refractivity contribution is 7.88. The van der Waals surface area contributed by atoms with E-state index in [2.05, 4.69) is 36.6 Å². The number of carbonyl (C=O) groups is 5. The minimum atomic E-state index is -3.79. The van der Waals surface area contributed by atoms with Crippen LogP contribution in [-0.4, -0.2) is 92.3 Å². The number of methoxy groups -OCH3 is 2. The number of carbonyl (C=O) groups excluding carboxylic acids is 5. The van der Waals surface area contributed by atoms with Gasteiger partial charge in [-0.15, -0.1) is 22.7 Å². The summed E-state index contributed by atoms with van der Waals surface area (Å²) in [5.74, 6) is -0.355. The molecule has 6 aromatic rings. The van der Waals surface area contributed by atoms with E-state index < -0.39 is 34.5 Å². The van der Waals surface area contributed by atoms with Gasteiger partial charge in [0.1, 0.15) is 11.5 Å². The number of ether oxygens (including phenoxy) is 2. The Balaban J connectivity index is 0.965. The molecule has 0 saturated heterocycles. The van der Waals surface area contributed by atoms with Crippen LogP contribution in [0, 0.1) is 13.8 Å². The van der Waals surface area contributed by atoms with Crippen molar-refractivity contribution in [1.82, 2.24) is 19.6 Å². The zero-order valence-electron chi connectivity index (χ0n) is 36.0. The quantitative estimate of drug-likeness (QED) is 0.0513. The molecule has 2 aromatic heterocycles. The van der Waals surface area contributed by atoms with Gasteiger partial charge in [-0.05, 0) is 68.8 Å². The Kier molecular flexibility index (Phi) is 15.8. The highest BCUT2D eigenvalue weighted by Crippen LogP contribution is 2.29. The summed E-state index contributed by atoms with van der Waals surface area (Å²) in [6.45, 7) is 3.40. The molecule has 0 fully saturated rings. The van der Waals surface area contributed by atoms with Crippen LogP contribution in [0.5, 0.6) is 11.5 Å². The Bertz CT molecular complexity index is 2840. The lowest BCUT2D eigenvalue weighted by atomic mass is 9.99. The van der Waals surface area contributed by atoms with E-state index in [0.717, 1.165) is 37.9 Å². The van der Waals surface area contributed by atoms with Crippen LogP contribution in [0.3, 0.4) is 0 Å². The van der Waals surface area contributed by atoms with E-state index in [1.807, 2.05) is 13.8 Å². The van der Waals surface area contributed by atoms with E-state index in [0.29, 0.717) is 39.6 Å². The summed E-state index contributed by atoms with van der Waals surface area (Å²) in [5, 5.41) is 14.1. The van der Waals surface area contributed by atoms with Crippen molar-refractivity contribution in [2.75, 3.05) is 61.4 Å². The molecular formula is C45H46N8O9S3. The third-order valence-corrected chi connectivity index (χ3v) is 12.9. The van der Waals surface area contributed by atoms with Crippen LogP contribution in [0.25, 0.3) is 0 Å². The molecule has 4 aromatic carbocycles. The van der Waals surface area contributed by atoms with Crippen LogP contribution in [-0.2, 0) is 27.7 Å². The van der Waals surface area contributed by atoms with Gasteiger partial charge < -0.3 is 25.4 Å². The van der Waals surface area contributed by atoms with Gasteiger partial charge in [0.05, 0.1) is 49.5 Å². The number of sulfonamides is 1. The van der Waals surface area contributed by atoms with Crippen molar-refractivity contribution in [3.8, 4) is 11.5 Å². The van der Waals surface area contributed by atoms with Gasteiger partial charge in [0.2, 0.25) is 15.9 Å². The molecule has 338 valence electrons. The number of anilines is 4. The average Bonchev–Trinajstić information content (AvgIpc) is 3.93. The number of para-hydroxylation sites is 2. The maximum absolute atomic E-state index is 13.5. The van der Waals surface area contributed by atoms with Crippen molar-refractivity contribution in [3.63, 3.8) is 0 Å². The number of nitrogens with zero attached hydrogens (tertiary/aromatic N) is 3. The number of thiazole rings is 2. The third kappa shape index (κ3) is 12.8. The van der Waals surface area contributed by atoms with Gasteiger partial charge in [-0.2, -0.15) is 4.31 Å². The fourth-order valence-electron chi connectivity index (χ4n) is 6.47. The second-order valence-electron chi connectivity index (χ2n) is 14.5. The minimum absolute atomic E-state index is 0.0253. The lowest BCUT2D eigenvalue weighted by Gasteiger charge is -2.19. The first-order valence-corrected chi connectivity index (χ1v) is 23.4. The van der Waals surface area contributed by atoms with Crippen LogP contribution < -0.4 is 36.1 Å².